The number of carbonyl (C=O) groups excluding carboxylic acids is 1. The predicted octanol–water partition coefficient (Wildman–Crippen LogP) is 7.64. The van der Waals surface area contributed by atoms with Crippen LogP contribution < -0.4 is 5.32 Å². The number of nitrogens with one attached hydrogen (secondary N) is 1. The molecule has 174 valence electrons. The molecule has 0 atom stereocenters. The fourth-order valence-corrected chi connectivity index (χ4v) is 4.21. The number of halogens is 1. The van der Waals surface area contributed by atoms with E-state index >= 15 is 0 Å². The maximum absolute atomic E-state index is 12.1. The van der Waals surface area contributed by atoms with Crippen molar-refractivity contribution in [1.82, 2.24) is 15.1 Å². The van der Waals surface area contributed by atoms with Gasteiger partial charge < -0.3 is 5.32 Å². The van der Waals surface area contributed by atoms with Crippen LogP contribution in [0.2, 0.25) is 0 Å². The highest BCUT2D eigenvalue weighted by Crippen LogP contribution is 2.19. The Bertz CT molecular complexity index is 571. The smallest absolute Gasteiger partial charge is 0.241 e. The third kappa shape index (κ3) is 12.8. The fourth-order valence-electron chi connectivity index (χ4n) is 3.92. The predicted molar refractivity (Wildman–Crippen MR) is 132 cm³/mol. The molecule has 0 radical (unpaired) electrons. The Hall–Kier alpha value is -0.840. The summed E-state index contributed by atoms with van der Waals surface area (Å²) in [6.07, 6.45) is 21.9. The van der Waals surface area contributed by atoms with Crippen molar-refractivity contribution in [3.05, 3.63) is 15.9 Å². The van der Waals surface area contributed by atoms with Gasteiger partial charge in [-0.05, 0) is 36.2 Å². The molecule has 1 rings (SSSR count). The summed E-state index contributed by atoms with van der Waals surface area (Å²) in [5, 5.41) is 7.41. The fraction of sp³-hybridized carbons (Fsp3) is 0.840. The van der Waals surface area contributed by atoms with Crippen LogP contribution in [0.25, 0.3) is 0 Å². The number of rotatable bonds is 19. The maximum Gasteiger partial charge on any atom is 0.241 e. The second-order valence-electron chi connectivity index (χ2n) is 8.80. The Morgan fingerprint density at radius 1 is 0.800 bits per heavy atom. The SMILES string of the molecule is CCCCCCCCCCCCCCCCCCNC(=O)Cn1nc(C)c(Br)c1C. The molecule has 0 aliphatic heterocycles. The van der Waals surface area contributed by atoms with Crippen LogP contribution in [0.4, 0.5) is 0 Å². The molecule has 30 heavy (non-hydrogen) atoms. The molecule has 0 aliphatic rings. The summed E-state index contributed by atoms with van der Waals surface area (Å²) < 4.78 is 2.76. The number of unbranched alkanes of at least 4 members (excludes halogenated alkanes) is 15. The summed E-state index contributed by atoms with van der Waals surface area (Å²) >= 11 is 3.50. The summed E-state index contributed by atoms with van der Waals surface area (Å²) in [5.74, 6) is 0.0501. The maximum atomic E-state index is 12.1. The summed E-state index contributed by atoms with van der Waals surface area (Å²) in [6, 6.07) is 0. The van der Waals surface area contributed by atoms with Crippen molar-refractivity contribution in [2.45, 2.75) is 130 Å². The van der Waals surface area contributed by atoms with Crippen LogP contribution in [0.3, 0.4) is 0 Å². The van der Waals surface area contributed by atoms with Crippen molar-refractivity contribution in [3.63, 3.8) is 0 Å². The van der Waals surface area contributed by atoms with Crippen molar-refractivity contribution in [2.24, 2.45) is 0 Å². The molecule has 1 aromatic rings. The quantitative estimate of drug-likeness (QED) is 0.205. The van der Waals surface area contributed by atoms with Crippen LogP contribution in [-0.4, -0.2) is 22.2 Å². The highest BCUT2D eigenvalue weighted by atomic mass is 79.9. The third-order valence-electron chi connectivity index (χ3n) is 5.94. The van der Waals surface area contributed by atoms with E-state index in [-0.39, 0.29) is 5.91 Å². The Labute approximate surface area is 194 Å². The van der Waals surface area contributed by atoms with E-state index < -0.39 is 0 Å². The zero-order valence-corrected chi connectivity index (χ0v) is 21.5. The average molecular weight is 485 g/mol. The van der Waals surface area contributed by atoms with Crippen LogP contribution in [-0.2, 0) is 11.3 Å². The van der Waals surface area contributed by atoms with Crippen molar-refractivity contribution in [2.75, 3.05) is 6.54 Å². The summed E-state index contributed by atoms with van der Waals surface area (Å²) in [5.41, 5.74) is 1.93. The lowest BCUT2D eigenvalue weighted by molar-refractivity contribution is -0.121. The molecular formula is C25H46BrN3O. The zero-order valence-electron chi connectivity index (χ0n) is 19.9. The van der Waals surface area contributed by atoms with Gasteiger partial charge in [-0.3, -0.25) is 9.48 Å². The van der Waals surface area contributed by atoms with Gasteiger partial charge in [-0.2, -0.15) is 5.10 Å². The number of hydrogen-bond donors (Lipinski definition) is 1. The zero-order chi connectivity index (χ0) is 22.0. The second-order valence-corrected chi connectivity index (χ2v) is 9.59. The number of aryl methyl sites for hydroxylation is 1. The van der Waals surface area contributed by atoms with E-state index in [1.807, 2.05) is 13.8 Å². The molecule has 1 N–H and O–H groups in total. The number of amides is 1. The first-order valence-electron chi connectivity index (χ1n) is 12.5. The van der Waals surface area contributed by atoms with Gasteiger partial charge in [0, 0.05) is 6.54 Å². The van der Waals surface area contributed by atoms with Gasteiger partial charge in [-0.1, -0.05) is 103 Å². The molecule has 1 aromatic heterocycles. The second kappa shape index (κ2) is 17.8. The van der Waals surface area contributed by atoms with Gasteiger partial charge in [0.15, 0.2) is 0 Å². The van der Waals surface area contributed by atoms with Crippen molar-refractivity contribution in [3.8, 4) is 0 Å². The molecule has 0 spiro atoms. The van der Waals surface area contributed by atoms with Crippen LogP contribution in [0.5, 0.6) is 0 Å². The first-order chi connectivity index (χ1) is 14.6. The summed E-state index contributed by atoms with van der Waals surface area (Å²) in [4.78, 5) is 12.1. The third-order valence-corrected chi connectivity index (χ3v) is 7.09. The lowest BCUT2D eigenvalue weighted by atomic mass is 10.0. The van der Waals surface area contributed by atoms with Crippen LogP contribution in [0, 0.1) is 13.8 Å². The first kappa shape index (κ1) is 27.2. The molecule has 0 fully saturated rings. The van der Waals surface area contributed by atoms with Gasteiger partial charge in [0.1, 0.15) is 6.54 Å². The lowest BCUT2D eigenvalue weighted by Gasteiger charge is -2.07. The van der Waals surface area contributed by atoms with Gasteiger partial charge in [0.25, 0.3) is 0 Å². The van der Waals surface area contributed by atoms with Gasteiger partial charge in [0.2, 0.25) is 5.91 Å². The molecule has 1 heterocycles. The van der Waals surface area contributed by atoms with E-state index in [1.54, 1.807) is 4.68 Å². The van der Waals surface area contributed by atoms with Crippen molar-refractivity contribution in [1.29, 1.82) is 0 Å². The average Bonchev–Trinajstić information content (AvgIpc) is 2.96. The topological polar surface area (TPSA) is 46.9 Å². The Morgan fingerprint density at radius 3 is 1.63 bits per heavy atom. The van der Waals surface area contributed by atoms with Gasteiger partial charge >= 0.3 is 0 Å². The highest BCUT2D eigenvalue weighted by molar-refractivity contribution is 9.10. The van der Waals surface area contributed by atoms with Gasteiger partial charge in [-0.15, -0.1) is 0 Å². The molecule has 0 aromatic carbocycles. The monoisotopic (exact) mass is 483 g/mol. The minimum Gasteiger partial charge on any atom is -0.354 e. The molecule has 0 aliphatic carbocycles. The molecule has 1 amide bonds. The molecule has 0 unspecified atom stereocenters. The Kier molecular flexibility index (Phi) is 16.1. The van der Waals surface area contributed by atoms with E-state index in [0.717, 1.165) is 28.8 Å². The van der Waals surface area contributed by atoms with E-state index in [9.17, 15) is 4.79 Å². The van der Waals surface area contributed by atoms with Crippen molar-refractivity contribution >= 4 is 21.8 Å². The number of nitrogens with zero attached hydrogens (tertiary/aromatic N) is 2. The van der Waals surface area contributed by atoms with E-state index in [2.05, 4.69) is 33.3 Å². The Balaban J connectivity index is 1.83. The molecule has 5 heteroatoms. The molecule has 4 nitrogen and oxygen atoms in total. The minimum absolute atomic E-state index is 0.0501. The molecular weight excluding hydrogens is 438 g/mol. The molecule has 0 saturated heterocycles. The van der Waals surface area contributed by atoms with E-state index in [1.165, 1.54) is 96.3 Å². The van der Waals surface area contributed by atoms with Gasteiger partial charge in [-0.25, -0.2) is 0 Å². The highest BCUT2D eigenvalue weighted by Gasteiger charge is 2.11. The van der Waals surface area contributed by atoms with E-state index in [0.29, 0.717) is 6.54 Å². The standard InChI is InChI=1S/C25H46BrN3O/c1-4-5-6-7-8-9-10-11-12-13-14-15-16-17-18-19-20-27-24(30)21-29-23(3)25(26)22(2)28-29/h4-21H2,1-3H3,(H,27,30). The lowest BCUT2D eigenvalue weighted by Crippen LogP contribution is -2.29. The molecule has 0 bridgehead atoms. The first-order valence-corrected chi connectivity index (χ1v) is 13.3. The van der Waals surface area contributed by atoms with Crippen molar-refractivity contribution < 1.29 is 4.79 Å². The normalized spacial score (nSPS) is 11.2. The van der Waals surface area contributed by atoms with Crippen LogP contribution in [0.15, 0.2) is 4.47 Å². The van der Waals surface area contributed by atoms with Gasteiger partial charge in [0.05, 0.1) is 15.9 Å². The summed E-state index contributed by atoms with van der Waals surface area (Å²) in [7, 11) is 0. The largest absolute Gasteiger partial charge is 0.354 e. The minimum atomic E-state index is 0.0501. The van der Waals surface area contributed by atoms with Crippen LogP contribution in [0.1, 0.15) is 121 Å². The molecule has 0 saturated carbocycles. The number of carbonyl (C=O) groups is 1. The number of aromatic nitrogens is 2. The Morgan fingerprint density at radius 2 is 1.23 bits per heavy atom. The number of hydrogen-bond acceptors (Lipinski definition) is 2. The summed E-state index contributed by atoms with van der Waals surface area (Å²) in [6.45, 7) is 7.29. The van der Waals surface area contributed by atoms with Crippen LogP contribution >= 0.6 is 15.9 Å². The van der Waals surface area contributed by atoms with E-state index in [4.69, 9.17) is 0 Å².